The highest BCUT2D eigenvalue weighted by molar-refractivity contribution is 9.10. The molecule has 0 heterocycles. The van der Waals surface area contributed by atoms with Crippen LogP contribution in [0.2, 0.25) is 5.02 Å². The summed E-state index contributed by atoms with van der Waals surface area (Å²) >= 11 is 9.40. The highest BCUT2D eigenvalue weighted by Crippen LogP contribution is 2.27. The number of amides is 1. The van der Waals surface area contributed by atoms with Crippen LogP contribution in [0.15, 0.2) is 58.7 Å². The van der Waals surface area contributed by atoms with Gasteiger partial charge < -0.3 is 10.6 Å². The van der Waals surface area contributed by atoms with Gasteiger partial charge in [0.25, 0.3) is 11.6 Å². The molecule has 9 heteroatoms. The minimum Gasteiger partial charge on any atom is -0.389 e. The van der Waals surface area contributed by atoms with Gasteiger partial charge in [-0.15, -0.1) is 0 Å². The molecule has 2 rings (SSSR count). The third kappa shape index (κ3) is 5.81. The number of nitro benzene ring substituents is 1. The van der Waals surface area contributed by atoms with E-state index in [1.807, 2.05) is 24.3 Å². The summed E-state index contributed by atoms with van der Waals surface area (Å²) in [6.07, 6.45) is 1.99. The lowest BCUT2D eigenvalue weighted by Gasteiger charge is -2.07. The third-order valence-corrected chi connectivity index (χ3v) is 4.62. The Morgan fingerprint density at radius 2 is 2.07 bits per heavy atom. The number of nitriles is 1. The molecule has 0 unspecified atom stereocenters. The second kappa shape index (κ2) is 9.71. The standard InChI is InChI=1S/C18H14BrClN4O3/c19-15-4-2-1-3-12(15)7-8-22-11-13(10-21)18(25)23-17-9-14(24(26)27)5-6-16(17)20/h1-6,9,11,22H,7-8H2,(H,23,25)/b13-11-. The first-order valence-corrected chi connectivity index (χ1v) is 8.92. The first kappa shape index (κ1) is 20.4. The van der Waals surface area contributed by atoms with Gasteiger partial charge in [-0.2, -0.15) is 5.26 Å². The molecule has 0 atom stereocenters. The Bertz CT molecular complexity index is 940. The molecule has 1 amide bonds. The maximum absolute atomic E-state index is 12.2. The molecular weight excluding hydrogens is 436 g/mol. The topological polar surface area (TPSA) is 108 Å². The number of hydrogen-bond acceptors (Lipinski definition) is 5. The van der Waals surface area contributed by atoms with Gasteiger partial charge in [0.05, 0.1) is 15.6 Å². The summed E-state index contributed by atoms with van der Waals surface area (Å²) in [7, 11) is 0. The Balaban J connectivity index is 2.00. The summed E-state index contributed by atoms with van der Waals surface area (Å²) in [5, 5.41) is 25.5. The molecule has 0 aliphatic carbocycles. The number of nitrogens with one attached hydrogen (secondary N) is 2. The van der Waals surface area contributed by atoms with Crippen LogP contribution in [0.3, 0.4) is 0 Å². The number of anilines is 1. The van der Waals surface area contributed by atoms with E-state index in [1.165, 1.54) is 18.3 Å². The van der Waals surface area contributed by atoms with Gasteiger partial charge >= 0.3 is 0 Å². The van der Waals surface area contributed by atoms with E-state index in [-0.39, 0.29) is 22.0 Å². The van der Waals surface area contributed by atoms with Crippen molar-refractivity contribution in [2.45, 2.75) is 6.42 Å². The van der Waals surface area contributed by atoms with Gasteiger partial charge in [0.1, 0.15) is 11.6 Å². The van der Waals surface area contributed by atoms with Crippen molar-refractivity contribution >= 4 is 44.8 Å². The highest BCUT2D eigenvalue weighted by atomic mass is 79.9. The second-order valence-electron chi connectivity index (χ2n) is 5.34. The van der Waals surface area contributed by atoms with E-state index in [9.17, 15) is 20.2 Å². The van der Waals surface area contributed by atoms with E-state index < -0.39 is 10.8 Å². The van der Waals surface area contributed by atoms with E-state index in [0.29, 0.717) is 13.0 Å². The van der Waals surface area contributed by atoms with Gasteiger partial charge in [0, 0.05) is 29.4 Å². The van der Waals surface area contributed by atoms with E-state index in [2.05, 4.69) is 26.6 Å². The molecular formula is C18H14BrClN4O3. The summed E-state index contributed by atoms with van der Waals surface area (Å²) in [6, 6.07) is 13.2. The lowest BCUT2D eigenvalue weighted by molar-refractivity contribution is -0.384. The summed E-state index contributed by atoms with van der Waals surface area (Å²) in [6.45, 7) is 0.513. The minimum absolute atomic E-state index is 0.0604. The predicted octanol–water partition coefficient (Wildman–Crippen LogP) is 4.19. The fraction of sp³-hybridized carbons (Fsp3) is 0.111. The van der Waals surface area contributed by atoms with Crippen LogP contribution in [0.1, 0.15) is 5.56 Å². The zero-order chi connectivity index (χ0) is 19.8. The quantitative estimate of drug-likeness (QED) is 0.217. The lowest BCUT2D eigenvalue weighted by Crippen LogP contribution is -2.18. The molecule has 0 aromatic heterocycles. The molecule has 0 saturated carbocycles. The average molecular weight is 450 g/mol. The maximum atomic E-state index is 12.2. The summed E-state index contributed by atoms with van der Waals surface area (Å²) in [4.78, 5) is 22.4. The zero-order valence-electron chi connectivity index (χ0n) is 13.9. The monoisotopic (exact) mass is 448 g/mol. The third-order valence-electron chi connectivity index (χ3n) is 3.52. The van der Waals surface area contributed by atoms with E-state index in [0.717, 1.165) is 16.1 Å². The van der Waals surface area contributed by atoms with Crippen LogP contribution in [0.4, 0.5) is 11.4 Å². The number of nitro groups is 1. The molecule has 0 spiro atoms. The van der Waals surface area contributed by atoms with Gasteiger partial charge in [-0.1, -0.05) is 45.7 Å². The molecule has 0 aliphatic heterocycles. The SMILES string of the molecule is N#C/C(=C/NCCc1ccccc1Br)C(=O)Nc1cc([N+](=O)[O-])ccc1Cl. The first-order chi connectivity index (χ1) is 12.9. The molecule has 0 fully saturated rings. The van der Waals surface area contributed by atoms with Gasteiger partial charge in [0.2, 0.25) is 0 Å². The molecule has 0 aliphatic rings. The van der Waals surface area contributed by atoms with Crippen molar-refractivity contribution in [3.8, 4) is 6.07 Å². The van der Waals surface area contributed by atoms with Crippen LogP contribution in [0.5, 0.6) is 0 Å². The number of rotatable bonds is 7. The number of nitrogens with zero attached hydrogens (tertiary/aromatic N) is 2. The van der Waals surface area contributed by atoms with E-state index in [4.69, 9.17) is 11.6 Å². The van der Waals surface area contributed by atoms with Gasteiger partial charge in [-0.25, -0.2) is 0 Å². The molecule has 7 nitrogen and oxygen atoms in total. The minimum atomic E-state index is -0.715. The summed E-state index contributed by atoms with van der Waals surface area (Å²) < 4.78 is 0.981. The molecule has 2 N–H and O–H groups in total. The highest BCUT2D eigenvalue weighted by Gasteiger charge is 2.14. The van der Waals surface area contributed by atoms with Gasteiger partial charge in [-0.05, 0) is 24.1 Å². The molecule has 0 bridgehead atoms. The summed E-state index contributed by atoms with van der Waals surface area (Å²) in [5.41, 5.74) is 0.753. The van der Waals surface area contributed by atoms with E-state index in [1.54, 1.807) is 6.07 Å². The fourth-order valence-electron chi connectivity index (χ4n) is 2.14. The molecule has 2 aromatic rings. The van der Waals surface area contributed by atoms with Crippen LogP contribution in [-0.2, 0) is 11.2 Å². The maximum Gasteiger partial charge on any atom is 0.271 e. The Morgan fingerprint density at radius 3 is 2.74 bits per heavy atom. The van der Waals surface area contributed by atoms with Crippen molar-refractivity contribution in [2.24, 2.45) is 0 Å². The number of carbonyl (C=O) groups is 1. The molecule has 0 radical (unpaired) electrons. The van der Waals surface area contributed by atoms with Crippen LogP contribution < -0.4 is 10.6 Å². The largest absolute Gasteiger partial charge is 0.389 e. The summed E-state index contributed by atoms with van der Waals surface area (Å²) in [5.74, 6) is -0.715. The van der Waals surface area contributed by atoms with Crippen molar-refractivity contribution in [1.82, 2.24) is 5.32 Å². The van der Waals surface area contributed by atoms with Crippen LogP contribution >= 0.6 is 27.5 Å². The number of non-ortho nitro benzene ring substituents is 1. The Labute approximate surface area is 168 Å². The van der Waals surface area contributed by atoms with Crippen molar-refractivity contribution in [3.05, 3.63) is 79.4 Å². The van der Waals surface area contributed by atoms with Crippen molar-refractivity contribution in [2.75, 3.05) is 11.9 Å². The molecule has 27 heavy (non-hydrogen) atoms. The smallest absolute Gasteiger partial charge is 0.271 e. The van der Waals surface area contributed by atoms with Gasteiger partial charge in [0.15, 0.2) is 0 Å². The number of benzene rings is 2. The lowest BCUT2D eigenvalue weighted by atomic mass is 10.1. The Morgan fingerprint density at radius 1 is 1.33 bits per heavy atom. The number of hydrogen-bond donors (Lipinski definition) is 2. The molecule has 0 saturated heterocycles. The Kier molecular flexibility index (Phi) is 7.34. The van der Waals surface area contributed by atoms with Crippen LogP contribution in [0.25, 0.3) is 0 Å². The first-order valence-electron chi connectivity index (χ1n) is 7.74. The normalized spacial score (nSPS) is 10.8. The predicted molar refractivity (Wildman–Crippen MR) is 106 cm³/mol. The number of carbonyl (C=O) groups excluding carboxylic acids is 1. The Hall–Kier alpha value is -2.89. The molecule has 2 aromatic carbocycles. The second-order valence-corrected chi connectivity index (χ2v) is 6.60. The van der Waals surface area contributed by atoms with Gasteiger partial charge in [-0.3, -0.25) is 14.9 Å². The van der Waals surface area contributed by atoms with Crippen LogP contribution in [-0.4, -0.2) is 17.4 Å². The van der Waals surface area contributed by atoms with Crippen molar-refractivity contribution in [1.29, 1.82) is 5.26 Å². The zero-order valence-corrected chi connectivity index (χ0v) is 16.3. The van der Waals surface area contributed by atoms with Crippen LogP contribution in [0, 0.1) is 21.4 Å². The van der Waals surface area contributed by atoms with Crippen molar-refractivity contribution < 1.29 is 9.72 Å². The average Bonchev–Trinajstić information content (AvgIpc) is 2.64. The fourth-order valence-corrected chi connectivity index (χ4v) is 2.79. The molecule has 138 valence electrons. The van der Waals surface area contributed by atoms with Crippen molar-refractivity contribution in [3.63, 3.8) is 0 Å². The number of halogens is 2. The van der Waals surface area contributed by atoms with E-state index >= 15 is 0 Å².